The van der Waals surface area contributed by atoms with Gasteiger partial charge in [0.05, 0.1) is 16.6 Å². The molecule has 0 saturated heterocycles. The van der Waals surface area contributed by atoms with Crippen LogP contribution in [0.3, 0.4) is 0 Å². The molecule has 3 heterocycles. The molecule has 0 radical (unpaired) electrons. The minimum Gasteiger partial charge on any atom is -0.314 e. The molecule has 6 aromatic rings. The van der Waals surface area contributed by atoms with Crippen LogP contribution in [0.5, 0.6) is 0 Å². The molecule has 0 saturated carbocycles. The van der Waals surface area contributed by atoms with Gasteiger partial charge < -0.3 is 9.47 Å². The van der Waals surface area contributed by atoms with E-state index in [1.54, 1.807) is 11.3 Å². The highest BCUT2D eigenvalue weighted by molar-refractivity contribution is 7.15. The molecule has 1 aliphatic heterocycles. The van der Waals surface area contributed by atoms with Crippen molar-refractivity contribution in [2.24, 2.45) is 0 Å². The molecule has 6 heteroatoms. The molecule has 5 nitrogen and oxygen atoms in total. The van der Waals surface area contributed by atoms with Crippen LogP contribution in [-0.2, 0) is 0 Å². The van der Waals surface area contributed by atoms with Crippen molar-refractivity contribution >= 4 is 50.5 Å². The minimum absolute atomic E-state index is 0.108. The monoisotopic (exact) mass is 633 g/mol. The van der Waals surface area contributed by atoms with Crippen LogP contribution < -0.4 is 4.90 Å². The Hall–Kier alpha value is -6.65. The molecule has 0 N–H and O–H groups in total. The number of anilines is 1. The fourth-order valence-electron chi connectivity index (χ4n) is 6.26. The fraction of sp³-hybridized carbons (Fsp3) is 0.0238. The number of rotatable bonds is 6. The molecule has 0 amide bonds. The van der Waals surface area contributed by atoms with E-state index >= 15 is 0 Å². The number of thiophene rings is 1. The lowest BCUT2D eigenvalue weighted by atomic mass is 9.89. The Morgan fingerprint density at radius 1 is 0.646 bits per heavy atom. The van der Waals surface area contributed by atoms with Crippen LogP contribution in [0.15, 0.2) is 168 Å². The average Bonchev–Trinajstić information content (AvgIpc) is 3.74. The Labute approximate surface area is 283 Å². The molecule has 226 valence electrons. The lowest BCUT2D eigenvalue weighted by Crippen LogP contribution is -2.22. The lowest BCUT2D eigenvalue weighted by molar-refractivity contribution is 1.07. The van der Waals surface area contributed by atoms with Gasteiger partial charge in [0, 0.05) is 38.3 Å². The van der Waals surface area contributed by atoms with Gasteiger partial charge in [-0.15, -0.1) is 11.3 Å². The van der Waals surface area contributed by atoms with Gasteiger partial charge in [0.15, 0.2) is 0 Å². The Morgan fingerprint density at radius 2 is 1.25 bits per heavy atom. The SMILES string of the molecule is CC1=C/C(=C(/C#N)C(=C(C#N)C#N)c2ccccc2)C=C(/C=C/c2ccc(-n3c4ccccc4c4ccccc43)s2)N1c1ccccc1. The third kappa shape index (κ3) is 5.42. The van der Waals surface area contributed by atoms with Crippen molar-refractivity contribution in [1.82, 2.24) is 4.57 Å². The molecular weight excluding hydrogens is 607 g/mol. The van der Waals surface area contributed by atoms with Crippen molar-refractivity contribution in [3.63, 3.8) is 0 Å². The summed E-state index contributed by atoms with van der Waals surface area (Å²) in [5, 5.41) is 33.8. The number of aromatic nitrogens is 1. The fourth-order valence-corrected chi connectivity index (χ4v) is 7.19. The predicted molar refractivity (Wildman–Crippen MR) is 196 cm³/mol. The predicted octanol–water partition coefficient (Wildman–Crippen LogP) is 10.5. The zero-order valence-electron chi connectivity index (χ0n) is 26.0. The van der Waals surface area contributed by atoms with Crippen molar-refractivity contribution in [3.8, 4) is 23.2 Å². The molecule has 7 rings (SSSR count). The van der Waals surface area contributed by atoms with Crippen LogP contribution in [-0.4, -0.2) is 4.57 Å². The molecule has 0 fully saturated rings. The van der Waals surface area contributed by atoms with Crippen molar-refractivity contribution in [3.05, 3.63) is 178 Å². The second-order valence-electron chi connectivity index (χ2n) is 11.2. The summed E-state index contributed by atoms with van der Waals surface area (Å²) in [5.41, 5.74) is 6.79. The van der Waals surface area contributed by atoms with Crippen LogP contribution in [0.25, 0.3) is 38.5 Å². The number of allylic oxidation sites excluding steroid dienone is 8. The first kappa shape index (κ1) is 30.0. The van der Waals surface area contributed by atoms with Crippen molar-refractivity contribution in [1.29, 1.82) is 15.8 Å². The van der Waals surface area contributed by atoms with E-state index < -0.39 is 0 Å². The first-order valence-corrected chi connectivity index (χ1v) is 16.2. The van der Waals surface area contributed by atoms with E-state index in [1.165, 1.54) is 10.8 Å². The number of benzene rings is 4. The molecule has 0 unspecified atom stereocenters. The van der Waals surface area contributed by atoms with Crippen molar-refractivity contribution in [2.45, 2.75) is 6.92 Å². The third-order valence-electron chi connectivity index (χ3n) is 8.31. The second-order valence-corrected chi connectivity index (χ2v) is 12.3. The number of fused-ring (bicyclic) bond motifs is 3. The smallest absolute Gasteiger partial charge is 0.138 e. The minimum atomic E-state index is -0.108. The van der Waals surface area contributed by atoms with E-state index in [2.05, 4.69) is 88.4 Å². The summed E-state index contributed by atoms with van der Waals surface area (Å²) in [4.78, 5) is 3.21. The van der Waals surface area contributed by atoms with Crippen LogP contribution in [0.2, 0.25) is 0 Å². The molecule has 0 bridgehead atoms. The number of nitriles is 3. The maximum Gasteiger partial charge on any atom is 0.138 e. The summed E-state index contributed by atoms with van der Waals surface area (Å²) in [7, 11) is 0. The Balaban J connectivity index is 1.35. The first-order chi connectivity index (χ1) is 23.6. The number of nitrogens with zero attached hydrogens (tertiary/aromatic N) is 5. The van der Waals surface area contributed by atoms with E-state index in [4.69, 9.17) is 0 Å². The zero-order chi connectivity index (χ0) is 33.0. The number of hydrogen-bond acceptors (Lipinski definition) is 5. The molecule has 4 aromatic carbocycles. The molecule has 1 aliphatic rings. The van der Waals surface area contributed by atoms with E-state index in [0.29, 0.717) is 16.7 Å². The van der Waals surface area contributed by atoms with E-state index in [9.17, 15) is 15.8 Å². The summed E-state index contributed by atoms with van der Waals surface area (Å²) in [6, 6.07) is 46.8. The maximum atomic E-state index is 10.5. The summed E-state index contributed by atoms with van der Waals surface area (Å²) in [5.74, 6) is 0. The van der Waals surface area contributed by atoms with Gasteiger partial charge in [-0.2, -0.15) is 15.8 Å². The lowest BCUT2D eigenvalue weighted by Gasteiger charge is -2.30. The van der Waals surface area contributed by atoms with Crippen molar-refractivity contribution < 1.29 is 0 Å². The van der Waals surface area contributed by atoms with Crippen molar-refractivity contribution in [2.75, 3.05) is 4.90 Å². The summed E-state index contributed by atoms with van der Waals surface area (Å²) in [6.07, 6.45) is 8.03. The number of hydrogen-bond donors (Lipinski definition) is 0. The highest BCUT2D eigenvalue weighted by Crippen LogP contribution is 2.37. The van der Waals surface area contributed by atoms with Gasteiger partial charge in [0.1, 0.15) is 28.8 Å². The molecule has 0 aliphatic carbocycles. The largest absolute Gasteiger partial charge is 0.314 e. The van der Waals surface area contributed by atoms with Gasteiger partial charge in [0.25, 0.3) is 0 Å². The topological polar surface area (TPSA) is 79.5 Å². The van der Waals surface area contributed by atoms with E-state index in [-0.39, 0.29) is 11.1 Å². The maximum absolute atomic E-state index is 10.5. The van der Waals surface area contributed by atoms with Crippen LogP contribution in [0, 0.1) is 34.0 Å². The average molecular weight is 634 g/mol. The van der Waals surface area contributed by atoms with E-state index in [1.807, 2.05) is 91.9 Å². The molecule has 0 atom stereocenters. The van der Waals surface area contributed by atoms with Gasteiger partial charge in [-0.05, 0) is 78.8 Å². The summed E-state index contributed by atoms with van der Waals surface area (Å²) in [6.45, 7) is 2.00. The van der Waals surface area contributed by atoms with Gasteiger partial charge in [0.2, 0.25) is 0 Å². The Kier molecular flexibility index (Phi) is 8.13. The Bertz CT molecular complexity index is 2410. The second kappa shape index (κ2) is 13.0. The highest BCUT2D eigenvalue weighted by Gasteiger charge is 2.23. The van der Waals surface area contributed by atoms with Crippen LogP contribution >= 0.6 is 11.3 Å². The Morgan fingerprint density at radius 3 is 1.88 bits per heavy atom. The third-order valence-corrected chi connectivity index (χ3v) is 9.35. The van der Waals surface area contributed by atoms with Crippen LogP contribution in [0.4, 0.5) is 5.69 Å². The molecular formula is C42H27N5S. The molecule has 0 spiro atoms. The normalized spacial score (nSPS) is 13.8. The standard InChI is InChI=1S/C42H27N5S/c1-29-24-31(38(28-45)42(32(26-43)27-44)30-12-4-2-5-13-30)25-34(46(29)33-14-6-3-7-15-33)20-21-35-22-23-41(48-35)47-39-18-10-8-16-36(39)37-17-9-11-19-40(37)47/h2-25H,1H3/b21-20+,38-31+. The zero-order valence-corrected chi connectivity index (χ0v) is 26.8. The number of para-hydroxylation sites is 3. The summed E-state index contributed by atoms with van der Waals surface area (Å²) < 4.78 is 2.31. The quantitative estimate of drug-likeness (QED) is 0.171. The van der Waals surface area contributed by atoms with Gasteiger partial charge in [-0.3, -0.25) is 0 Å². The van der Waals surface area contributed by atoms with Gasteiger partial charge >= 0.3 is 0 Å². The van der Waals surface area contributed by atoms with Gasteiger partial charge in [-0.25, -0.2) is 0 Å². The molecule has 2 aromatic heterocycles. The highest BCUT2D eigenvalue weighted by atomic mass is 32.1. The van der Waals surface area contributed by atoms with Gasteiger partial charge in [-0.1, -0.05) is 84.9 Å². The summed E-state index contributed by atoms with van der Waals surface area (Å²) >= 11 is 1.70. The molecule has 48 heavy (non-hydrogen) atoms. The van der Waals surface area contributed by atoms with Crippen LogP contribution in [0.1, 0.15) is 17.4 Å². The first-order valence-electron chi connectivity index (χ1n) is 15.4. The van der Waals surface area contributed by atoms with E-state index in [0.717, 1.165) is 38.0 Å².